The minimum absolute atomic E-state index is 0.0473. The van der Waals surface area contributed by atoms with E-state index in [1.54, 1.807) is 0 Å². The van der Waals surface area contributed by atoms with E-state index < -0.39 is 17.5 Å². The van der Waals surface area contributed by atoms with Crippen molar-refractivity contribution in [3.05, 3.63) is 58.7 Å². The van der Waals surface area contributed by atoms with E-state index >= 15 is 0 Å². The molecule has 0 saturated carbocycles. The number of aryl methyl sites for hydroxylation is 2. The molecule has 3 rings (SSSR count). The van der Waals surface area contributed by atoms with E-state index in [9.17, 15) is 13.6 Å². The number of hydrogen-bond donors (Lipinski definition) is 1. The van der Waals surface area contributed by atoms with Crippen LogP contribution in [0.25, 0.3) is 10.2 Å². The van der Waals surface area contributed by atoms with Gasteiger partial charge in [-0.2, -0.15) is 0 Å². The molecule has 1 N–H and O–H groups in total. The molecule has 0 aliphatic carbocycles. The number of thiazole rings is 1. The number of benzene rings is 2. The minimum Gasteiger partial charge on any atom is -0.298 e. The summed E-state index contributed by atoms with van der Waals surface area (Å²) in [5.41, 5.74) is 3.03. The third kappa shape index (κ3) is 2.69. The fraction of sp³-hybridized carbons (Fsp3) is 0.125. The number of amides is 1. The molecule has 1 heterocycles. The molecule has 1 amide bonds. The number of nitrogens with one attached hydrogen (secondary N) is 1. The molecule has 22 heavy (non-hydrogen) atoms. The van der Waals surface area contributed by atoms with Gasteiger partial charge in [0.25, 0.3) is 5.91 Å². The predicted molar refractivity (Wildman–Crippen MR) is 83.4 cm³/mol. The van der Waals surface area contributed by atoms with Crippen LogP contribution in [0.2, 0.25) is 0 Å². The third-order valence-corrected chi connectivity index (χ3v) is 4.34. The van der Waals surface area contributed by atoms with Gasteiger partial charge in [0, 0.05) is 5.56 Å². The number of halogens is 2. The van der Waals surface area contributed by atoms with Gasteiger partial charge in [0.1, 0.15) is 0 Å². The average Bonchev–Trinajstić information content (AvgIpc) is 2.84. The molecule has 0 spiro atoms. The Labute approximate surface area is 129 Å². The molecule has 0 aliphatic heterocycles. The third-order valence-electron chi connectivity index (χ3n) is 3.22. The van der Waals surface area contributed by atoms with E-state index in [0.717, 1.165) is 33.5 Å². The highest BCUT2D eigenvalue weighted by Gasteiger charge is 2.13. The SMILES string of the molecule is Cc1cc(C)c2sc(NC(=O)c3ccc(F)c(F)c3)nc2c1. The van der Waals surface area contributed by atoms with Crippen molar-refractivity contribution in [1.29, 1.82) is 0 Å². The van der Waals surface area contributed by atoms with Crippen LogP contribution in [0, 0.1) is 25.5 Å². The zero-order chi connectivity index (χ0) is 15.9. The highest BCUT2D eigenvalue weighted by molar-refractivity contribution is 7.22. The van der Waals surface area contributed by atoms with Crippen molar-refractivity contribution >= 4 is 32.6 Å². The van der Waals surface area contributed by atoms with Crippen LogP contribution in [-0.2, 0) is 0 Å². The Morgan fingerprint density at radius 3 is 2.64 bits per heavy atom. The first-order chi connectivity index (χ1) is 10.4. The molecule has 0 atom stereocenters. The van der Waals surface area contributed by atoms with Crippen molar-refractivity contribution in [3.8, 4) is 0 Å². The van der Waals surface area contributed by atoms with Gasteiger partial charge in [0.05, 0.1) is 10.2 Å². The Bertz CT molecular complexity index is 889. The summed E-state index contributed by atoms with van der Waals surface area (Å²) in [5, 5.41) is 3.05. The van der Waals surface area contributed by atoms with E-state index in [0.29, 0.717) is 5.13 Å². The summed E-state index contributed by atoms with van der Waals surface area (Å²) in [6.45, 7) is 3.96. The average molecular weight is 318 g/mol. The lowest BCUT2D eigenvalue weighted by atomic mass is 10.1. The Hall–Kier alpha value is -2.34. The number of aromatic nitrogens is 1. The highest BCUT2D eigenvalue weighted by atomic mass is 32.1. The van der Waals surface area contributed by atoms with Crippen LogP contribution >= 0.6 is 11.3 Å². The van der Waals surface area contributed by atoms with Crippen molar-refractivity contribution in [2.75, 3.05) is 5.32 Å². The summed E-state index contributed by atoms with van der Waals surface area (Å²) in [6.07, 6.45) is 0. The molecule has 0 unspecified atom stereocenters. The molecule has 1 aromatic heterocycles. The van der Waals surface area contributed by atoms with Crippen LogP contribution in [0.3, 0.4) is 0 Å². The Kier molecular flexibility index (Phi) is 3.62. The lowest BCUT2D eigenvalue weighted by molar-refractivity contribution is 0.102. The molecular weight excluding hydrogens is 306 g/mol. The molecule has 2 aromatic carbocycles. The highest BCUT2D eigenvalue weighted by Crippen LogP contribution is 2.30. The zero-order valence-electron chi connectivity index (χ0n) is 11.9. The van der Waals surface area contributed by atoms with Gasteiger partial charge in [0.2, 0.25) is 0 Å². The second-order valence-electron chi connectivity index (χ2n) is 5.03. The molecular formula is C16H12F2N2OS. The normalized spacial score (nSPS) is 10.9. The molecule has 6 heteroatoms. The maximum atomic E-state index is 13.2. The van der Waals surface area contributed by atoms with Crippen molar-refractivity contribution in [3.63, 3.8) is 0 Å². The van der Waals surface area contributed by atoms with Gasteiger partial charge < -0.3 is 0 Å². The monoisotopic (exact) mass is 318 g/mol. The summed E-state index contributed by atoms with van der Waals surface area (Å²) in [5.74, 6) is -2.56. The summed E-state index contributed by atoms with van der Waals surface area (Å²) in [6, 6.07) is 7.01. The maximum absolute atomic E-state index is 13.2. The molecule has 112 valence electrons. The second-order valence-corrected chi connectivity index (χ2v) is 6.03. The van der Waals surface area contributed by atoms with Gasteiger partial charge in [-0.05, 0) is 49.2 Å². The zero-order valence-corrected chi connectivity index (χ0v) is 12.7. The number of carbonyl (C=O) groups is 1. The molecule has 0 aliphatic rings. The van der Waals surface area contributed by atoms with Crippen LogP contribution in [0.4, 0.5) is 13.9 Å². The molecule has 0 radical (unpaired) electrons. The van der Waals surface area contributed by atoms with Crippen molar-refractivity contribution in [2.24, 2.45) is 0 Å². The van der Waals surface area contributed by atoms with E-state index in [1.165, 1.54) is 17.4 Å². The van der Waals surface area contributed by atoms with Crippen molar-refractivity contribution < 1.29 is 13.6 Å². The first kappa shape index (κ1) is 14.6. The largest absolute Gasteiger partial charge is 0.298 e. The summed E-state index contributed by atoms with van der Waals surface area (Å²) in [4.78, 5) is 16.4. The predicted octanol–water partition coefficient (Wildman–Crippen LogP) is 4.44. The number of carbonyl (C=O) groups excluding carboxylic acids is 1. The van der Waals surface area contributed by atoms with Gasteiger partial charge in [0.15, 0.2) is 16.8 Å². The second kappa shape index (κ2) is 5.46. The van der Waals surface area contributed by atoms with Gasteiger partial charge in [-0.15, -0.1) is 0 Å². The number of fused-ring (bicyclic) bond motifs is 1. The number of rotatable bonds is 2. The molecule has 3 nitrogen and oxygen atoms in total. The summed E-state index contributed by atoms with van der Waals surface area (Å²) >= 11 is 1.35. The first-order valence-corrected chi connectivity index (χ1v) is 7.40. The van der Waals surface area contributed by atoms with Crippen LogP contribution in [-0.4, -0.2) is 10.9 Å². The van der Waals surface area contributed by atoms with Gasteiger partial charge in [-0.1, -0.05) is 17.4 Å². The van der Waals surface area contributed by atoms with Crippen molar-refractivity contribution in [1.82, 2.24) is 4.98 Å². The van der Waals surface area contributed by atoms with Gasteiger partial charge in [-0.3, -0.25) is 10.1 Å². The number of nitrogens with zero attached hydrogens (tertiary/aromatic N) is 1. The fourth-order valence-corrected chi connectivity index (χ4v) is 3.15. The van der Waals surface area contributed by atoms with Gasteiger partial charge in [-0.25, -0.2) is 13.8 Å². The molecule has 3 aromatic rings. The lowest BCUT2D eigenvalue weighted by Gasteiger charge is -2.01. The van der Waals surface area contributed by atoms with Crippen LogP contribution in [0.15, 0.2) is 30.3 Å². The molecule has 0 fully saturated rings. The standard InChI is InChI=1S/C16H12F2N2OS/c1-8-5-9(2)14-13(6-8)19-16(22-14)20-15(21)10-3-4-11(17)12(18)7-10/h3-7H,1-2H3,(H,19,20,21). The summed E-state index contributed by atoms with van der Waals surface area (Å²) in [7, 11) is 0. The maximum Gasteiger partial charge on any atom is 0.257 e. The van der Waals surface area contributed by atoms with E-state index in [4.69, 9.17) is 0 Å². The quantitative estimate of drug-likeness (QED) is 0.759. The lowest BCUT2D eigenvalue weighted by Crippen LogP contribution is -2.12. The van der Waals surface area contributed by atoms with Crippen LogP contribution in [0.5, 0.6) is 0 Å². The number of hydrogen-bond acceptors (Lipinski definition) is 3. The smallest absolute Gasteiger partial charge is 0.257 e. The Morgan fingerprint density at radius 1 is 1.14 bits per heavy atom. The molecule has 0 bridgehead atoms. The Balaban J connectivity index is 1.90. The van der Waals surface area contributed by atoms with E-state index in [2.05, 4.69) is 10.3 Å². The van der Waals surface area contributed by atoms with Gasteiger partial charge >= 0.3 is 0 Å². The van der Waals surface area contributed by atoms with E-state index in [-0.39, 0.29) is 5.56 Å². The van der Waals surface area contributed by atoms with E-state index in [1.807, 2.05) is 26.0 Å². The fourth-order valence-electron chi connectivity index (χ4n) is 2.24. The van der Waals surface area contributed by atoms with Crippen molar-refractivity contribution in [2.45, 2.75) is 13.8 Å². The summed E-state index contributed by atoms with van der Waals surface area (Å²) < 4.78 is 27.1. The topological polar surface area (TPSA) is 42.0 Å². The molecule has 0 saturated heterocycles. The van der Waals surface area contributed by atoms with Crippen LogP contribution in [0.1, 0.15) is 21.5 Å². The Morgan fingerprint density at radius 2 is 1.91 bits per heavy atom. The van der Waals surface area contributed by atoms with Crippen LogP contribution < -0.4 is 5.32 Å². The minimum atomic E-state index is -1.05. The number of anilines is 1. The first-order valence-electron chi connectivity index (χ1n) is 6.58.